The Morgan fingerprint density at radius 2 is 2.21 bits per heavy atom. The van der Waals surface area contributed by atoms with Crippen LogP contribution in [0.4, 0.5) is 0 Å². The van der Waals surface area contributed by atoms with Gasteiger partial charge in [-0.15, -0.1) is 11.3 Å². The number of aromatic nitrogens is 1. The zero-order valence-electron chi connectivity index (χ0n) is 13.3. The number of thiazole rings is 1. The molecule has 0 unspecified atom stereocenters. The Morgan fingerprint density at radius 1 is 1.42 bits per heavy atom. The van der Waals surface area contributed by atoms with E-state index in [1.807, 2.05) is 5.38 Å². The van der Waals surface area contributed by atoms with Crippen LogP contribution in [0.15, 0.2) is 35.2 Å². The molecule has 2 aromatic rings. The third-order valence-electron chi connectivity index (χ3n) is 4.25. The summed E-state index contributed by atoms with van der Waals surface area (Å²) in [6.45, 7) is 2.61. The van der Waals surface area contributed by atoms with Gasteiger partial charge in [0.15, 0.2) is 0 Å². The van der Waals surface area contributed by atoms with E-state index in [1.54, 1.807) is 41.6 Å². The molecule has 6 nitrogen and oxygen atoms in total. The largest absolute Gasteiger partial charge is 0.486 e. The Kier molecular flexibility index (Phi) is 4.53. The Hall–Kier alpha value is -2.41. The molecule has 1 amide bonds. The molecular formula is C17H18N2O4S. The number of likely N-dealkylation sites (tertiary alicyclic amines) is 1. The van der Waals surface area contributed by atoms with Crippen molar-refractivity contribution in [3.63, 3.8) is 0 Å². The zero-order valence-corrected chi connectivity index (χ0v) is 14.1. The van der Waals surface area contributed by atoms with Crippen molar-refractivity contribution in [2.45, 2.75) is 20.0 Å². The van der Waals surface area contributed by atoms with E-state index in [9.17, 15) is 14.7 Å². The van der Waals surface area contributed by atoms with Crippen LogP contribution in [0, 0.1) is 5.41 Å². The molecule has 1 N–H and O–H groups in total. The van der Waals surface area contributed by atoms with Gasteiger partial charge in [0.05, 0.1) is 22.2 Å². The van der Waals surface area contributed by atoms with Crippen LogP contribution in [0.5, 0.6) is 5.75 Å². The number of carboxylic acids is 1. The molecule has 1 aliphatic rings. The number of benzene rings is 1. The number of carbonyl (C=O) groups is 2. The van der Waals surface area contributed by atoms with E-state index < -0.39 is 11.4 Å². The first-order chi connectivity index (χ1) is 11.5. The van der Waals surface area contributed by atoms with E-state index in [0.29, 0.717) is 30.9 Å². The number of carboxylic acid groups (broad SMARTS) is 1. The van der Waals surface area contributed by atoms with Gasteiger partial charge in [0, 0.05) is 18.5 Å². The summed E-state index contributed by atoms with van der Waals surface area (Å²) in [4.78, 5) is 29.9. The maximum Gasteiger partial charge on any atom is 0.311 e. The highest BCUT2D eigenvalue weighted by Gasteiger charge is 2.42. The van der Waals surface area contributed by atoms with Crippen molar-refractivity contribution >= 4 is 23.2 Å². The average Bonchev–Trinajstić information content (AvgIpc) is 3.23. The summed E-state index contributed by atoms with van der Waals surface area (Å²) in [6.07, 6.45) is 0.454. The second kappa shape index (κ2) is 6.60. The van der Waals surface area contributed by atoms with Gasteiger partial charge < -0.3 is 14.7 Å². The molecular weight excluding hydrogens is 328 g/mol. The molecule has 0 spiro atoms. The van der Waals surface area contributed by atoms with Gasteiger partial charge in [0.2, 0.25) is 0 Å². The molecule has 1 atom stereocenters. The van der Waals surface area contributed by atoms with Crippen molar-refractivity contribution in [2.75, 3.05) is 13.1 Å². The number of rotatable bonds is 5. The predicted molar refractivity (Wildman–Crippen MR) is 89.2 cm³/mol. The highest BCUT2D eigenvalue weighted by molar-refractivity contribution is 7.07. The molecule has 1 fully saturated rings. The SMILES string of the molecule is C[C@]1(C(=O)O)CCN(C(=O)c2ccccc2OCc2cscn2)C1. The fourth-order valence-electron chi connectivity index (χ4n) is 2.71. The highest BCUT2D eigenvalue weighted by Crippen LogP contribution is 2.32. The van der Waals surface area contributed by atoms with E-state index in [2.05, 4.69) is 4.98 Å². The number of hydrogen-bond donors (Lipinski definition) is 1. The van der Waals surface area contributed by atoms with Crippen molar-refractivity contribution in [3.05, 3.63) is 46.4 Å². The lowest BCUT2D eigenvalue weighted by atomic mass is 9.90. The Balaban J connectivity index is 1.74. The van der Waals surface area contributed by atoms with Crippen molar-refractivity contribution in [3.8, 4) is 5.75 Å². The van der Waals surface area contributed by atoms with Crippen LogP contribution in [-0.2, 0) is 11.4 Å². The van der Waals surface area contributed by atoms with E-state index in [4.69, 9.17) is 4.74 Å². The molecule has 126 valence electrons. The van der Waals surface area contributed by atoms with Crippen LogP contribution in [-0.4, -0.2) is 40.0 Å². The molecule has 1 aromatic carbocycles. The first-order valence-corrected chi connectivity index (χ1v) is 8.55. The molecule has 1 aliphatic heterocycles. The van der Waals surface area contributed by atoms with E-state index >= 15 is 0 Å². The van der Waals surface area contributed by atoms with Crippen LogP contribution in [0.25, 0.3) is 0 Å². The molecule has 1 saturated heterocycles. The summed E-state index contributed by atoms with van der Waals surface area (Å²) < 4.78 is 5.74. The van der Waals surface area contributed by atoms with Gasteiger partial charge in [-0.25, -0.2) is 4.98 Å². The molecule has 0 saturated carbocycles. The number of amides is 1. The van der Waals surface area contributed by atoms with Gasteiger partial charge in [0.25, 0.3) is 5.91 Å². The fraction of sp³-hybridized carbons (Fsp3) is 0.353. The summed E-state index contributed by atoms with van der Waals surface area (Å²) >= 11 is 1.49. The van der Waals surface area contributed by atoms with Crippen LogP contribution >= 0.6 is 11.3 Å². The summed E-state index contributed by atoms with van der Waals surface area (Å²) in [7, 11) is 0. The van der Waals surface area contributed by atoms with Gasteiger partial charge >= 0.3 is 5.97 Å². The fourth-order valence-corrected chi connectivity index (χ4v) is 3.25. The van der Waals surface area contributed by atoms with Crippen LogP contribution in [0.1, 0.15) is 29.4 Å². The van der Waals surface area contributed by atoms with Crippen molar-refractivity contribution in [1.82, 2.24) is 9.88 Å². The Labute approximate surface area is 143 Å². The van der Waals surface area contributed by atoms with Gasteiger partial charge in [-0.1, -0.05) is 12.1 Å². The normalized spacial score (nSPS) is 20.1. The zero-order chi connectivity index (χ0) is 17.2. The Bertz CT molecular complexity index is 747. The van der Waals surface area contributed by atoms with Crippen molar-refractivity contribution in [1.29, 1.82) is 0 Å². The number of ether oxygens (including phenoxy) is 1. The standard InChI is InChI=1S/C17H18N2O4S/c1-17(16(21)22)6-7-19(10-17)15(20)13-4-2-3-5-14(13)23-8-12-9-24-11-18-12/h2-5,9,11H,6-8,10H2,1H3,(H,21,22)/t17-/m0/s1. The van der Waals surface area contributed by atoms with E-state index in [-0.39, 0.29) is 12.5 Å². The molecule has 3 rings (SSSR count). The van der Waals surface area contributed by atoms with Gasteiger partial charge in [0.1, 0.15) is 12.4 Å². The third-order valence-corrected chi connectivity index (χ3v) is 4.89. The topological polar surface area (TPSA) is 79.7 Å². The minimum atomic E-state index is -0.883. The lowest BCUT2D eigenvalue weighted by Crippen LogP contribution is -2.35. The minimum Gasteiger partial charge on any atom is -0.486 e. The number of carbonyl (C=O) groups excluding carboxylic acids is 1. The van der Waals surface area contributed by atoms with Gasteiger partial charge in [-0.05, 0) is 25.5 Å². The quantitative estimate of drug-likeness (QED) is 0.900. The molecule has 7 heteroatoms. The number of para-hydroxylation sites is 1. The van der Waals surface area contributed by atoms with Crippen molar-refractivity contribution in [2.24, 2.45) is 5.41 Å². The molecule has 0 aliphatic carbocycles. The summed E-state index contributed by atoms with van der Waals surface area (Å²) in [6, 6.07) is 7.02. The van der Waals surface area contributed by atoms with Gasteiger partial charge in [-0.2, -0.15) is 0 Å². The summed E-state index contributed by atoms with van der Waals surface area (Å²) in [5.41, 5.74) is 2.10. The predicted octanol–water partition coefficient (Wildman–Crippen LogP) is 2.66. The number of aliphatic carboxylic acids is 1. The third kappa shape index (κ3) is 3.26. The van der Waals surface area contributed by atoms with Crippen LogP contribution in [0.3, 0.4) is 0 Å². The van der Waals surface area contributed by atoms with Crippen LogP contribution < -0.4 is 4.74 Å². The molecule has 0 bridgehead atoms. The van der Waals surface area contributed by atoms with Gasteiger partial charge in [-0.3, -0.25) is 9.59 Å². The second-order valence-electron chi connectivity index (χ2n) is 6.11. The monoisotopic (exact) mass is 346 g/mol. The molecule has 1 aromatic heterocycles. The lowest BCUT2D eigenvalue weighted by molar-refractivity contribution is -0.147. The molecule has 0 radical (unpaired) electrons. The van der Waals surface area contributed by atoms with E-state index in [1.165, 1.54) is 11.3 Å². The summed E-state index contributed by atoms with van der Waals surface area (Å²) in [5.74, 6) is -0.584. The highest BCUT2D eigenvalue weighted by atomic mass is 32.1. The second-order valence-corrected chi connectivity index (χ2v) is 6.83. The first kappa shape index (κ1) is 16.4. The van der Waals surface area contributed by atoms with E-state index in [0.717, 1.165) is 5.69 Å². The minimum absolute atomic E-state index is 0.200. The maximum absolute atomic E-state index is 12.8. The lowest BCUT2D eigenvalue weighted by Gasteiger charge is -2.21. The Morgan fingerprint density at radius 3 is 2.88 bits per heavy atom. The first-order valence-electron chi connectivity index (χ1n) is 7.61. The average molecular weight is 346 g/mol. The molecule has 24 heavy (non-hydrogen) atoms. The molecule has 2 heterocycles. The summed E-state index contributed by atoms with van der Waals surface area (Å²) in [5, 5.41) is 11.2. The number of hydrogen-bond acceptors (Lipinski definition) is 5. The smallest absolute Gasteiger partial charge is 0.311 e. The van der Waals surface area contributed by atoms with Crippen molar-refractivity contribution < 1.29 is 19.4 Å². The van der Waals surface area contributed by atoms with Crippen LogP contribution in [0.2, 0.25) is 0 Å². The maximum atomic E-state index is 12.8. The number of nitrogens with zero attached hydrogens (tertiary/aromatic N) is 2.